The number of rotatable bonds is 5. The van der Waals surface area contributed by atoms with Crippen LogP contribution in [0, 0.1) is 0 Å². The molecule has 1 heterocycles. The first kappa shape index (κ1) is 14.2. The predicted molar refractivity (Wildman–Crippen MR) is 76.4 cm³/mol. The topological polar surface area (TPSA) is 63.1 Å². The van der Waals surface area contributed by atoms with Crippen molar-refractivity contribution in [2.45, 2.75) is 19.5 Å². The van der Waals surface area contributed by atoms with Crippen LogP contribution < -0.4 is 5.32 Å². The highest BCUT2D eigenvalue weighted by Gasteiger charge is 2.14. The molecule has 0 aliphatic carbocycles. The molecule has 0 aliphatic rings. The molecule has 2 aromatic rings. The van der Waals surface area contributed by atoms with Crippen molar-refractivity contribution in [3.05, 3.63) is 42.5 Å². The molecule has 0 aliphatic heterocycles. The van der Waals surface area contributed by atoms with E-state index in [9.17, 15) is 4.79 Å². The lowest BCUT2D eigenvalue weighted by Gasteiger charge is -2.18. The van der Waals surface area contributed by atoms with Gasteiger partial charge in [0.2, 0.25) is 5.91 Å². The lowest BCUT2D eigenvalue weighted by Crippen LogP contribution is -2.41. The lowest BCUT2D eigenvalue weighted by atomic mass is 10.1. The Morgan fingerprint density at radius 2 is 2.15 bits per heavy atom. The van der Waals surface area contributed by atoms with E-state index in [2.05, 4.69) is 15.4 Å². The molecule has 6 heteroatoms. The van der Waals surface area contributed by atoms with Crippen molar-refractivity contribution >= 4 is 5.91 Å². The normalized spacial score (nSPS) is 12.2. The second-order valence-corrected chi connectivity index (χ2v) is 4.80. The predicted octanol–water partition coefficient (Wildman–Crippen LogP) is 0.834. The highest BCUT2D eigenvalue weighted by molar-refractivity contribution is 5.80. The van der Waals surface area contributed by atoms with Crippen LogP contribution in [0.25, 0.3) is 5.69 Å². The maximum atomic E-state index is 11.8. The van der Waals surface area contributed by atoms with Gasteiger partial charge in [-0.15, -0.1) is 0 Å². The Bertz CT molecular complexity index is 565. The average molecular weight is 273 g/mol. The van der Waals surface area contributed by atoms with Gasteiger partial charge in [-0.3, -0.25) is 4.79 Å². The molecule has 1 amide bonds. The summed E-state index contributed by atoms with van der Waals surface area (Å²) in [6.45, 7) is 2.46. The van der Waals surface area contributed by atoms with Crippen molar-refractivity contribution in [1.82, 2.24) is 25.0 Å². The number of carbonyl (C=O) groups is 1. The van der Waals surface area contributed by atoms with E-state index in [1.54, 1.807) is 30.0 Å². The van der Waals surface area contributed by atoms with Crippen LogP contribution in [0.1, 0.15) is 12.5 Å². The number of nitrogens with one attached hydrogen (secondary N) is 1. The van der Waals surface area contributed by atoms with Gasteiger partial charge in [-0.05, 0) is 18.6 Å². The Morgan fingerprint density at radius 3 is 2.80 bits per heavy atom. The molecule has 1 aromatic carbocycles. The summed E-state index contributed by atoms with van der Waals surface area (Å²) < 4.78 is 1.72. The molecule has 1 aromatic heterocycles. The summed E-state index contributed by atoms with van der Waals surface area (Å²) in [5.41, 5.74) is 2.03. The Morgan fingerprint density at radius 1 is 1.40 bits per heavy atom. The van der Waals surface area contributed by atoms with E-state index in [0.717, 1.165) is 11.3 Å². The molecule has 0 saturated heterocycles. The van der Waals surface area contributed by atoms with Crippen molar-refractivity contribution in [2.24, 2.45) is 0 Å². The number of aromatic nitrogens is 3. The maximum absolute atomic E-state index is 11.8. The second kappa shape index (κ2) is 6.29. The molecule has 6 nitrogen and oxygen atoms in total. The summed E-state index contributed by atoms with van der Waals surface area (Å²) in [7, 11) is 3.51. The zero-order valence-electron chi connectivity index (χ0n) is 11.9. The summed E-state index contributed by atoms with van der Waals surface area (Å²) in [5, 5.41) is 7.37. The third-order valence-electron chi connectivity index (χ3n) is 3.07. The highest BCUT2D eigenvalue weighted by Crippen LogP contribution is 2.12. The van der Waals surface area contributed by atoms with Gasteiger partial charge in [0.15, 0.2) is 0 Å². The van der Waals surface area contributed by atoms with Crippen molar-refractivity contribution in [1.29, 1.82) is 0 Å². The number of nitrogens with zero attached hydrogens (tertiary/aromatic N) is 4. The largest absolute Gasteiger partial charge is 0.347 e. The molecule has 0 fully saturated rings. The zero-order chi connectivity index (χ0) is 14.5. The van der Waals surface area contributed by atoms with Gasteiger partial charge in [-0.25, -0.2) is 9.67 Å². The molecule has 1 atom stereocenters. The molecular weight excluding hydrogens is 254 g/mol. The second-order valence-electron chi connectivity index (χ2n) is 4.80. The summed E-state index contributed by atoms with van der Waals surface area (Å²) in [6.07, 6.45) is 3.16. The van der Waals surface area contributed by atoms with E-state index in [-0.39, 0.29) is 11.9 Å². The number of carbonyl (C=O) groups excluding carboxylic acids is 1. The van der Waals surface area contributed by atoms with Gasteiger partial charge in [0.05, 0.1) is 11.7 Å². The quantitative estimate of drug-likeness (QED) is 0.876. The van der Waals surface area contributed by atoms with E-state index in [1.807, 2.05) is 31.2 Å². The van der Waals surface area contributed by atoms with Crippen LogP contribution in [0.5, 0.6) is 0 Å². The fraction of sp³-hybridized carbons (Fsp3) is 0.357. The fourth-order valence-electron chi connectivity index (χ4n) is 1.95. The maximum Gasteiger partial charge on any atom is 0.238 e. The van der Waals surface area contributed by atoms with Crippen LogP contribution in [0.3, 0.4) is 0 Å². The minimum atomic E-state index is -0.228. The average Bonchev–Trinajstić information content (AvgIpc) is 2.98. The summed E-state index contributed by atoms with van der Waals surface area (Å²) >= 11 is 0. The van der Waals surface area contributed by atoms with Crippen LogP contribution in [-0.4, -0.2) is 45.7 Å². The zero-order valence-corrected chi connectivity index (χ0v) is 11.9. The lowest BCUT2D eigenvalue weighted by molar-refractivity contribution is -0.130. The number of benzene rings is 1. The Balaban J connectivity index is 2.09. The number of amides is 1. The third kappa shape index (κ3) is 3.21. The number of para-hydroxylation sites is 1. The molecule has 20 heavy (non-hydrogen) atoms. The Labute approximate surface area is 118 Å². The highest BCUT2D eigenvalue weighted by atomic mass is 16.2. The summed E-state index contributed by atoms with van der Waals surface area (Å²) in [4.78, 5) is 17.4. The summed E-state index contributed by atoms with van der Waals surface area (Å²) in [5.74, 6) is 0.0586. The molecule has 1 N–H and O–H groups in total. The number of hydrogen-bond acceptors (Lipinski definition) is 4. The Hall–Kier alpha value is -2.21. The first-order valence-electron chi connectivity index (χ1n) is 6.47. The first-order chi connectivity index (χ1) is 9.59. The van der Waals surface area contributed by atoms with Gasteiger partial charge in [-0.1, -0.05) is 18.2 Å². The minimum absolute atomic E-state index is 0.0586. The van der Waals surface area contributed by atoms with Gasteiger partial charge in [0.1, 0.15) is 12.7 Å². The Kier molecular flexibility index (Phi) is 4.47. The molecule has 0 radical (unpaired) electrons. The third-order valence-corrected chi connectivity index (χ3v) is 3.07. The fourth-order valence-corrected chi connectivity index (χ4v) is 1.95. The van der Waals surface area contributed by atoms with Gasteiger partial charge in [0.25, 0.3) is 0 Å². The molecule has 0 unspecified atom stereocenters. The molecule has 2 rings (SSSR count). The van der Waals surface area contributed by atoms with Crippen LogP contribution in [0.15, 0.2) is 36.9 Å². The monoisotopic (exact) mass is 273 g/mol. The SMILES string of the molecule is C[C@H](NCc1ccccc1-n1cncn1)C(=O)N(C)C. The van der Waals surface area contributed by atoms with E-state index >= 15 is 0 Å². The van der Waals surface area contributed by atoms with Crippen molar-refractivity contribution < 1.29 is 4.79 Å². The smallest absolute Gasteiger partial charge is 0.238 e. The molecular formula is C14H19N5O. The van der Waals surface area contributed by atoms with Gasteiger partial charge >= 0.3 is 0 Å². The summed E-state index contributed by atoms with van der Waals surface area (Å²) in [6, 6.07) is 7.68. The van der Waals surface area contributed by atoms with Crippen molar-refractivity contribution in [3.8, 4) is 5.69 Å². The number of likely N-dealkylation sites (N-methyl/N-ethyl adjacent to an activating group) is 1. The van der Waals surface area contributed by atoms with E-state index < -0.39 is 0 Å². The minimum Gasteiger partial charge on any atom is -0.347 e. The van der Waals surface area contributed by atoms with Crippen LogP contribution in [0.2, 0.25) is 0 Å². The van der Waals surface area contributed by atoms with Crippen LogP contribution in [0.4, 0.5) is 0 Å². The first-order valence-corrected chi connectivity index (χ1v) is 6.47. The van der Waals surface area contributed by atoms with Crippen molar-refractivity contribution in [2.75, 3.05) is 14.1 Å². The van der Waals surface area contributed by atoms with Crippen molar-refractivity contribution in [3.63, 3.8) is 0 Å². The van der Waals surface area contributed by atoms with E-state index in [4.69, 9.17) is 0 Å². The number of hydrogen-bond donors (Lipinski definition) is 1. The van der Waals surface area contributed by atoms with Gasteiger partial charge < -0.3 is 10.2 Å². The standard InChI is InChI=1S/C14H19N5O/c1-11(14(20)18(2)3)16-8-12-6-4-5-7-13(12)19-10-15-9-17-19/h4-7,9-11,16H,8H2,1-3H3/t11-/m0/s1. The molecule has 0 bridgehead atoms. The van der Waals surface area contributed by atoms with E-state index in [1.165, 1.54) is 6.33 Å². The van der Waals surface area contributed by atoms with Crippen LogP contribution >= 0.6 is 0 Å². The molecule has 0 saturated carbocycles. The molecule has 0 spiro atoms. The van der Waals surface area contributed by atoms with Gasteiger partial charge in [0, 0.05) is 20.6 Å². The molecule has 106 valence electrons. The van der Waals surface area contributed by atoms with Gasteiger partial charge in [-0.2, -0.15) is 5.10 Å². The van der Waals surface area contributed by atoms with E-state index in [0.29, 0.717) is 6.54 Å². The van der Waals surface area contributed by atoms with Crippen LogP contribution in [-0.2, 0) is 11.3 Å².